The fourth-order valence-corrected chi connectivity index (χ4v) is 4.29. The largest absolute Gasteiger partial charge is 0.325 e. The van der Waals surface area contributed by atoms with E-state index in [-0.39, 0.29) is 11.8 Å². The average molecular weight is 336 g/mol. The van der Waals surface area contributed by atoms with Gasteiger partial charge in [0, 0.05) is 10.4 Å². The first kappa shape index (κ1) is 14.1. The molecule has 0 spiro atoms. The van der Waals surface area contributed by atoms with Crippen molar-refractivity contribution in [1.29, 1.82) is 0 Å². The molecule has 1 N–H and O–H groups in total. The monoisotopic (exact) mass is 335 g/mol. The lowest BCUT2D eigenvalue weighted by Crippen LogP contribution is -2.33. The van der Waals surface area contributed by atoms with Gasteiger partial charge in [0.2, 0.25) is 5.91 Å². The molecule has 2 aliphatic rings. The van der Waals surface area contributed by atoms with E-state index >= 15 is 0 Å². The molecule has 1 aromatic rings. The molecule has 0 bridgehead atoms. The Morgan fingerprint density at radius 1 is 1.05 bits per heavy atom. The minimum Gasteiger partial charge on any atom is -0.325 e. The summed E-state index contributed by atoms with van der Waals surface area (Å²) >= 11 is 3.49. The second kappa shape index (κ2) is 6.30. The van der Waals surface area contributed by atoms with Gasteiger partial charge in [-0.3, -0.25) is 4.79 Å². The van der Waals surface area contributed by atoms with Crippen LogP contribution in [0.25, 0.3) is 0 Å². The van der Waals surface area contributed by atoms with Crippen molar-refractivity contribution in [3.63, 3.8) is 0 Å². The molecule has 0 aliphatic heterocycles. The summed E-state index contributed by atoms with van der Waals surface area (Å²) in [6.07, 6.45) is 8.90. The SMILES string of the molecule is O=C(Nc1ccccc1Br)C1CCC2CCCCC2C1. The maximum Gasteiger partial charge on any atom is 0.227 e. The van der Waals surface area contributed by atoms with Crippen molar-refractivity contribution in [1.82, 2.24) is 0 Å². The Kier molecular flexibility index (Phi) is 4.45. The summed E-state index contributed by atoms with van der Waals surface area (Å²) in [6, 6.07) is 7.84. The van der Waals surface area contributed by atoms with E-state index in [1.165, 1.54) is 32.1 Å². The van der Waals surface area contributed by atoms with E-state index in [9.17, 15) is 4.79 Å². The highest BCUT2D eigenvalue weighted by Crippen LogP contribution is 2.43. The Bertz CT molecular complexity index is 488. The summed E-state index contributed by atoms with van der Waals surface area (Å²) in [5.74, 6) is 2.12. The van der Waals surface area contributed by atoms with Crippen LogP contribution in [-0.4, -0.2) is 5.91 Å². The Labute approximate surface area is 129 Å². The highest BCUT2D eigenvalue weighted by atomic mass is 79.9. The number of carbonyl (C=O) groups is 1. The van der Waals surface area contributed by atoms with Gasteiger partial charge in [0.1, 0.15) is 0 Å². The van der Waals surface area contributed by atoms with Crippen molar-refractivity contribution >= 4 is 27.5 Å². The third kappa shape index (κ3) is 3.08. The van der Waals surface area contributed by atoms with Gasteiger partial charge in [-0.05, 0) is 59.2 Å². The Morgan fingerprint density at radius 2 is 1.80 bits per heavy atom. The number of rotatable bonds is 2. The number of nitrogens with one attached hydrogen (secondary N) is 1. The molecule has 3 atom stereocenters. The number of para-hydroxylation sites is 1. The summed E-state index contributed by atoms with van der Waals surface area (Å²) in [4.78, 5) is 12.5. The van der Waals surface area contributed by atoms with Crippen molar-refractivity contribution in [2.24, 2.45) is 17.8 Å². The molecule has 3 heteroatoms. The van der Waals surface area contributed by atoms with Crippen LogP contribution < -0.4 is 5.32 Å². The number of hydrogen-bond acceptors (Lipinski definition) is 1. The first-order valence-corrected chi connectivity index (χ1v) is 8.58. The van der Waals surface area contributed by atoms with Crippen molar-refractivity contribution < 1.29 is 4.79 Å². The first-order chi connectivity index (χ1) is 9.74. The fourth-order valence-electron chi connectivity index (χ4n) is 3.91. The Hall–Kier alpha value is -0.830. The minimum atomic E-state index is 0.209. The predicted molar refractivity (Wildman–Crippen MR) is 85.6 cm³/mol. The second-order valence-electron chi connectivity index (χ2n) is 6.28. The van der Waals surface area contributed by atoms with Crippen molar-refractivity contribution in [2.75, 3.05) is 5.32 Å². The standard InChI is InChI=1S/C17H22BrNO/c18-15-7-3-4-8-16(15)19-17(20)14-10-9-12-5-1-2-6-13(12)11-14/h3-4,7-8,12-14H,1-2,5-6,9-11H2,(H,19,20). The number of hydrogen-bond donors (Lipinski definition) is 1. The van der Waals surface area contributed by atoms with Crippen LogP contribution in [0.1, 0.15) is 44.9 Å². The lowest BCUT2D eigenvalue weighted by Gasteiger charge is -2.38. The summed E-state index contributed by atoms with van der Waals surface area (Å²) in [7, 11) is 0. The van der Waals surface area contributed by atoms with Crippen LogP contribution in [0.4, 0.5) is 5.69 Å². The number of halogens is 1. The minimum absolute atomic E-state index is 0.209. The van der Waals surface area contributed by atoms with Crippen LogP contribution in [-0.2, 0) is 4.79 Å². The Balaban J connectivity index is 1.62. The number of fused-ring (bicyclic) bond motifs is 1. The molecule has 0 heterocycles. The summed E-state index contributed by atoms with van der Waals surface area (Å²) in [5.41, 5.74) is 0.892. The molecule has 2 nitrogen and oxygen atoms in total. The van der Waals surface area contributed by atoms with Gasteiger partial charge in [-0.15, -0.1) is 0 Å². The van der Waals surface area contributed by atoms with Gasteiger partial charge < -0.3 is 5.32 Å². The molecule has 20 heavy (non-hydrogen) atoms. The van der Waals surface area contributed by atoms with Gasteiger partial charge in [-0.2, -0.15) is 0 Å². The van der Waals surface area contributed by atoms with Gasteiger partial charge in [0.25, 0.3) is 0 Å². The van der Waals surface area contributed by atoms with Crippen LogP contribution in [0.3, 0.4) is 0 Å². The van der Waals surface area contributed by atoms with Crippen molar-refractivity contribution in [3.05, 3.63) is 28.7 Å². The van der Waals surface area contributed by atoms with Gasteiger partial charge >= 0.3 is 0 Å². The first-order valence-electron chi connectivity index (χ1n) is 7.79. The molecular weight excluding hydrogens is 314 g/mol. The fraction of sp³-hybridized carbons (Fsp3) is 0.588. The van der Waals surface area contributed by atoms with Crippen molar-refractivity contribution in [2.45, 2.75) is 44.9 Å². The lowest BCUT2D eigenvalue weighted by molar-refractivity contribution is -0.122. The lowest BCUT2D eigenvalue weighted by atomic mass is 9.67. The van der Waals surface area contributed by atoms with E-state index in [1.54, 1.807) is 0 Å². The molecule has 3 rings (SSSR count). The van der Waals surface area contributed by atoms with E-state index in [2.05, 4.69) is 21.2 Å². The van der Waals surface area contributed by atoms with Gasteiger partial charge in [-0.25, -0.2) is 0 Å². The molecule has 2 saturated carbocycles. The molecule has 3 unspecified atom stereocenters. The molecule has 0 radical (unpaired) electrons. The molecular formula is C17H22BrNO. The molecule has 0 saturated heterocycles. The summed E-state index contributed by atoms with van der Waals surface area (Å²) in [6.45, 7) is 0. The van der Waals surface area contributed by atoms with Crippen LogP contribution in [0.5, 0.6) is 0 Å². The van der Waals surface area contributed by atoms with Crippen LogP contribution in [0, 0.1) is 17.8 Å². The van der Waals surface area contributed by atoms with Crippen LogP contribution >= 0.6 is 15.9 Å². The summed E-state index contributed by atoms with van der Waals surface area (Å²) < 4.78 is 0.958. The van der Waals surface area contributed by atoms with Gasteiger partial charge in [0.15, 0.2) is 0 Å². The van der Waals surface area contributed by atoms with Crippen LogP contribution in [0.15, 0.2) is 28.7 Å². The molecule has 0 aromatic heterocycles. The van der Waals surface area contributed by atoms with E-state index < -0.39 is 0 Å². The highest BCUT2D eigenvalue weighted by molar-refractivity contribution is 9.10. The predicted octanol–water partition coefficient (Wildman–Crippen LogP) is 4.99. The van der Waals surface area contributed by atoms with E-state index in [4.69, 9.17) is 0 Å². The van der Waals surface area contributed by atoms with Gasteiger partial charge in [-0.1, -0.05) is 37.8 Å². The zero-order valence-electron chi connectivity index (χ0n) is 11.8. The number of carbonyl (C=O) groups excluding carboxylic acids is 1. The molecule has 1 aromatic carbocycles. The molecule has 2 aliphatic carbocycles. The zero-order valence-corrected chi connectivity index (χ0v) is 13.4. The van der Waals surface area contributed by atoms with Gasteiger partial charge in [0.05, 0.1) is 5.69 Å². The highest BCUT2D eigenvalue weighted by Gasteiger charge is 2.35. The van der Waals surface area contributed by atoms with E-state index in [1.807, 2.05) is 24.3 Å². The van der Waals surface area contributed by atoms with E-state index in [0.29, 0.717) is 0 Å². The second-order valence-corrected chi connectivity index (χ2v) is 7.14. The topological polar surface area (TPSA) is 29.1 Å². The van der Waals surface area contributed by atoms with E-state index in [0.717, 1.165) is 34.8 Å². The quantitative estimate of drug-likeness (QED) is 0.809. The number of amides is 1. The average Bonchev–Trinajstić information content (AvgIpc) is 2.49. The normalized spacial score (nSPS) is 29.6. The maximum absolute atomic E-state index is 12.5. The third-order valence-corrected chi connectivity index (χ3v) is 5.73. The molecule has 108 valence electrons. The third-order valence-electron chi connectivity index (χ3n) is 5.04. The van der Waals surface area contributed by atoms with Crippen molar-refractivity contribution in [3.8, 4) is 0 Å². The zero-order chi connectivity index (χ0) is 13.9. The number of anilines is 1. The Morgan fingerprint density at radius 3 is 2.60 bits per heavy atom. The smallest absolute Gasteiger partial charge is 0.227 e. The maximum atomic E-state index is 12.5. The van der Waals surface area contributed by atoms with Crippen LogP contribution in [0.2, 0.25) is 0 Å². The number of benzene rings is 1. The molecule has 1 amide bonds. The summed E-state index contributed by atoms with van der Waals surface area (Å²) in [5, 5.41) is 3.09. The molecule has 2 fully saturated rings.